The molecule has 4 unspecified atom stereocenters. The fourth-order valence-corrected chi connectivity index (χ4v) is 5.82. The van der Waals surface area contributed by atoms with E-state index < -0.39 is 18.1 Å². The van der Waals surface area contributed by atoms with Crippen molar-refractivity contribution in [2.45, 2.75) is 37.6 Å². The predicted octanol–water partition coefficient (Wildman–Crippen LogP) is 4.41. The molecule has 0 aliphatic heterocycles. The minimum Gasteiger partial charge on any atom is -0.480 e. The molecule has 0 heterocycles. The summed E-state index contributed by atoms with van der Waals surface area (Å²) in [5, 5.41) is 12.3. The first-order chi connectivity index (χ1) is 14.1. The molecule has 0 saturated heterocycles. The Kier molecular flexibility index (Phi) is 4.53. The lowest BCUT2D eigenvalue weighted by Crippen LogP contribution is -2.47. The molecule has 0 spiro atoms. The first-order valence-corrected chi connectivity index (χ1v) is 10.5. The third-order valence-corrected chi connectivity index (χ3v) is 7.10. The van der Waals surface area contributed by atoms with Crippen LogP contribution in [0.15, 0.2) is 48.5 Å². The average molecular weight is 391 g/mol. The van der Waals surface area contributed by atoms with Crippen LogP contribution < -0.4 is 5.32 Å². The number of benzene rings is 2. The molecule has 2 aromatic rings. The minimum atomic E-state index is -0.962. The Balaban J connectivity index is 1.28. The number of carbonyl (C=O) groups is 2. The van der Waals surface area contributed by atoms with E-state index >= 15 is 0 Å². The number of amides is 1. The van der Waals surface area contributed by atoms with Crippen LogP contribution in [0.3, 0.4) is 0 Å². The monoisotopic (exact) mass is 391 g/mol. The minimum absolute atomic E-state index is 0.0201. The van der Waals surface area contributed by atoms with Crippen molar-refractivity contribution in [2.75, 3.05) is 6.61 Å². The van der Waals surface area contributed by atoms with Gasteiger partial charge in [-0.1, -0.05) is 55.0 Å². The molecule has 5 rings (SSSR count). The van der Waals surface area contributed by atoms with Gasteiger partial charge in [-0.15, -0.1) is 0 Å². The van der Waals surface area contributed by atoms with E-state index in [0.29, 0.717) is 11.8 Å². The van der Waals surface area contributed by atoms with Crippen molar-refractivity contribution in [3.05, 3.63) is 59.7 Å². The Hall–Kier alpha value is -2.82. The molecule has 3 aliphatic carbocycles. The average Bonchev–Trinajstić information content (AvgIpc) is 3.43. The van der Waals surface area contributed by atoms with Gasteiger partial charge in [-0.05, 0) is 59.3 Å². The van der Waals surface area contributed by atoms with E-state index in [2.05, 4.69) is 29.6 Å². The first-order valence-electron chi connectivity index (χ1n) is 10.5. The second-order valence-electron chi connectivity index (χ2n) is 8.62. The Morgan fingerprint density at radius 3 is 2.21 bits per heavy atom. The van der Waals surface area contributed by atoms with Gasteiger partial charge < -0.3 is 15.2 Å². The van der Waals surface area contributed by atoms with Gasteiger partial charge in [0, 0.05) is 5.92 Å². The molecule has 5 heteroatoms. The van der Waals surface area contributed by atoms with E-state index in [1.54, 1.807) is 0 Å². The predicted molar refractivity (Wildman–Crippen MR) is 109 cm³/mol. The van der Waals surface area contributed by atoms with Crippen molar-refractivity contribution in [2.24, 2.45) is 17.8 Å². The highest BCUT2D eigenvalue weighted by molar-refractivity contribution is 5.81. The van der Waals surface area contributed by atoms with Crippen LogP contribution in [0, 0.1) is 17.8 Å². The number of carboxylic acid groups (broad SMARTS) is 1. The third-order valence-electron chi connectivity index (χ3n) is 7.10. The lowest BCUT2D eigenvalue weighted by atomic mass is 9.83. The molecule has 2 N–H and O–H groups in total. The summed E-state index contributed by atoms with van der Waals surface area (Å²) in [5.74, 6) is 0.0628. The second kappa shape index (κ2) is 7.21. The van der Waals surface area contributed by atoms with Gasteiger partial charge in [0.15, 0.2) is 0 Å². The van der Waals surface area contributed by atoms with Gasteiger partial charge in [0.25, 0.3) is 0 Å². The fourth-order valence-electron chi connectivity index (χ4n) is 5.82. The SMILES string of the molecule is O=C(NC(C(=O)O)C1CC2CCC1C2)OCC1c2ccccc2-c2ccccc21. The maximum absolute atomic E-state index is 12.5. The molecular weight excluding hydrogens is 366 g/mol. The van der Waals surface area contributed by atoms with Gasteiger partial charge in [0.2, 0.25) is 0 Å². The Labute approximate surface area is 170 Å². The molecule has 2 bridgehead atoms. The smallest absolute Gasteiger partial charge is 0.407 e. The number of carbonyl (C=O) groups excluding carboxylic acids is 1. The zero-order chi connectivity index (χ0) is 20.0. The first kappa shape index (κ1) is 18.2. The Morgan fingerprint density at radius 1 is 1.00 bits per heavy atom. The van der Waals surface area contributed by atoms with Gasteiger partial charge in [-0.25, -0.2) is 9.59 Å². The number of hydrogen-bond donors (Lipinski definition) is 2. The lowest BCUT2D eigenvalue weighted by Gasteiger charge is -2.28. The van der Waals surface area contributed by atoms with Gasteiger partial charge in [-0.3, -0.25) is 0 Å². The van der Waals surface area contributed by atoms with Crippen LogP contribution in [0.25, 0.3) is 11.1 Å². The Bertz CT molecular complexity index is 910. The molecule has 3 aliphatic rings. The maximum atomic E-state index is 12.5. The van der Waals surface area contributed by atoms with Crippen molar-refractivity contribution in [1.82, 2.24) is 5.32 Å². The van der Waals surface area contributed by atoms with Gasteiger partial charge in [0.1, 0.15) is 12.6 Å². The molecule has 1 amide bonds. The highest BCUT2D eigenvalue weighted by Crippen LogP contribution is 2.49. The molecule has 4 atom stereocenters. The second-order valence-corrected chi connectivity index (χ2v) is 8.62. The molecule has 0 radical (unpaired) electrons. The largest absolute Gasteiger partial charge is 0.480 e. The summed E-state index contributed by atoms with van der Waals surface area (Å²) in [6.07, 6.45) is 3.62. The van der Waals surface area contributed by atoms with Gasteiger partial charge >= 0.3 is 12.1 Å². The third kappa shape index (κ3) is 3.18. The van der Waals surface area contributed by atoms with E-state index in [1.165, 1.54) is 17.5 Å². The van der Waals surface area contributed by atoms with E-state index in [0.717, 1.165) is 30.4 Å². The van der Waals surface area contributed by atoms with Crippen LogP contribution >= 0.6 is 0 Å². The summed E-state index contributed by atoms with van der Waals surface area (Å²) in [6, 6.07) is 15.5. The van der Waals surface area contributed by atoms with Gasteiger partial charge in [-0.2, -0.15) is 0 Å². The number of ether oxygens (including phenoxy) is 1. The molecule has 2 aromatic carbocycles. The van der Waals surface area contributed by atoms with Crippen LogP contribution in [0.2, 0.25) is 0 Å². The lowest BCUT2D eigenvalue weighted by molar-refractivity contribution is -0.141. The van der Waals surface area contributed by atoms with Crippen molar-refractivity contribution >= 4 is 12.1 Å². The Morgan fingerprint density at radius 2 is 1.66 bits per heavy atom. The van der Waals surface area contributed by atoms with Crippen molar-refractivity contribution < 1.29 is 19.4 Å². The number of alkyl carbamates (subject to hydrolysis) is 1. The number of hydrogen-bond acceptors (Lipinski definition) is 3. The highest BCUT2D eigenvalue weighted by atomic mass is 16.5. The van der Waals surface area contributed by atoms with Crippen molar-refractivity contribution in [3.63, 3.8) is 0 Å². The fraction of sp³-hybridized carbons (Fsp3) is 0.417. The summed E-state index contributed by atoms with van der Waals surface area (Å²) in [4.78, 5) is 24.3. The van der Waals surface area contributed by atoms with E-state index in [1.807, 2.05) is 24.3 Å². The number of rotatable bonds is 5. The molecule has 5 nitrogen and oxygen atoms in total. The summed E-state index contributed by atoms with van der Waals surface area (Å²) < 4.78 is 5.55. The molecule has 29 heavy (non-hydrogen) atoms. The summed E-state index contributed by atoms with van der Waals surface area (Å²) in [7, 11) is 0. The van der Waals surface area contributed by atoms with Gasteiger partial charge in [0.05, 0.1) is 0 Å². The van der Waals surface area contributed by atoms with Crippen molar-refractivity contribution in [1.29, 1.82) is 0 Å². The standard InChI is InChI=1S/C24H25NO4/c26-23(27)22(20-12-14-9-10-15(20)11-14)25-24(28)29-13-21-18-7-3-1-5-16(18)17-6-2-4-8-19(17)21/h1-8,14-15,20-22H,9-13H2,(H,25,28)(H,26,27). The van der Waals surface area contributed by atoms with Crippen LogP contribution in [0.5, 0.6) is 0 Å². The van der Waals surface area contributed by atoms with E-state index in [4.69, 9.17) is 4.74 Å². The molecule has 150 valence electrons. The molecule has 2 fully saturated rings. The zero-order valence-electron chi connectivity index (χ0n) is 16.2. The number of carboxylic acids is 1. The van der Waals surface area contributed by atoms with Crippen LogP contribution in [-0.2, 0) is 9.53 Å². The summed E-state index contributed by atoms with van der Waals surface area (Å²) in [5.41, 5.74) is 4.62. The quantitative estimate of drug-likeness (QED) is 0.791. The maximum Gasteiger partial charge on any atom is 0.407 e. The van der Waals surface area contributed by atoms with E-state index in [9.17, 15) is 14.7 Å². The molecule has 0 aromatic heterocycles. The van der Waals surface area contributed by atoms with Crippen LogP contribution in [-0.4, -0.2) is 29.8 Å². The molecule has 2 saturated carbocycles. The van der Waals surface area contributed by atoms with Crippen molar-refractivity contribution in [3.8, 4) is 11.1 Å². The summed E-state index contributed by atoms with van der Waals surface area (Å²) >= 11 is 0. The number of aliphatic carboxylic acids is 1. The highest BCUT2D eigenvalue weighted by Gasteiger charge is 2.46. The number of nitrogens with one attached hydrogen (secondary N) is 1. The normalized spacial score (nSPS) is 25.3. The van der Waals surface area contributed by atoms with Crippen LogP contribution in [0.4, 0.5) is 4.79 Å². The summed E-state index contributed by atoms with van der Waals surface area (Å²) in [6.45, 7) is 0.197. The topological polar surface area (TPSA) is 75.6 Å². The zero-order valence-corrected chi connectivity index (χ0v) is 16.2. The van der Waals surface area contributed by atoms with E-state index in [-0.39, 0.29) is 18.4 Å². The van der Waals surface area contributed by atoms with Crippen LogP contribution in [0.1, 0.15) is 42.7 Å². The molecular formula is C24H25NO4. The number of fused-ring (bicyclic) bond motifs is 5.